The Morgan fingerprint density at radius 3 is 1.32 bits per heavy atom. The molecule has 0 radical (unpaired) electrons. The van der Waals surface area contributed by atoms with Crippen LogP contribution in [0.5, 0.6) is 0 Å². The lowest BCUT2D eigenvalue weighted by atomic mass is 10.1. The molecule has 0 saturated carbocycles. The van der Waals surface area contributed by atoms with E-state index < -0.39 is 0 Å². The standard InChI is InChI=1S/C27H56N2S2/c1-4-7-10-13-16-17-18-21-24-28-27(30)31-29(25-22-19-14-11-8-5-2)26-23-20-15-12-9-6-3/h4-26H2,1-3H3,(H,28,30). The molecule has 0 atom stereocenters. The average Bonchev–Trinajstić information content (AvgIpc) is 2.77. The zero-order valence-electron chi connectivity index (χ0n) is 21.5. The predicted molar refractivity (Wildman–Crippen MR) is 149 cm³/mol. The van der Waals surface area contributed by atoms with Gasteiger partial charge in [-0.2, -0.15) is 0 Å². The summed E-state index contributed by atoms with van der Waals surface area (Å²) in [5.41, 5.74) is 0. The third-order valence-electron chi connectivity index (χ3n) is 6.03. The van der Waals surface area contributed by atoms with Gasteiger partial charge in [0.1, 0.15) is 4.32 Å². The maximum atomic E-state index is 5.66. The SMILES string of the molecule is CCCCCCCCCCNC(=S)SN(CCCCCCCC)CCCCCCCC. The van der Waals surface area contributed by atoms with Crippen molar-refractivity contribution >= 4 is 28.5 Å². The molecule has 0 bridgehead atoms. The topological polar surface area (TPSA) is 15.3 Å². The first-order chi connectivity index (χ1) is 15.2. The van der Waals surface area contributed by atoms with E-state index in [4.69, 9.17) is 12.2 Å². The van der Waals surface area contributed by atoms with Crippen molar-refractivity contribution in [3.05, 3.63) is 0 Å². The number of nitrogens with one attached hydrogen (secondary N) is 1. The molecule has 1 N–H and O–H groups in total. The van der Waals surface area contributed by atoms with Crippen LogP contribution in [0.25, 0.3) is 0 Å². The van der Waals surface area contributed by atoms with Crippen molar-refractivity contribution in [2.24, 2.45) is 0 Å². The Bertz CT molecular complexity index is 347. The van der Waals surface area contributed by atoms with Crippen molar-refractivity contribution in [3.63, 3.8) is 0 Å². The molecule has 0 aromatic heterocycles. The third kappa shape index (κ3) is 24.7. The van der Waals surface area contributed by atoms with E-state index in [2.05, 4.69) is 30.4 Å². The molecule has 0 spiro atoms. The molecule has 0 amide bonds. The van der Waals surface area contributed by atoms with Crippen LogP contribution in [0.4, 0.5) is 0 Å². The van der Waals surface area contributed by atoms with Gasteiger partial charge < -0.3 is 5.32 Å². The lowest BCUT2D eigenvalue weighted by Gasteiger charge is -2.22. The maximum absolute atomic E-state index is 5.66. The van der Waals surface area contributed by atoms with E-state index in [1.807, 2.05) is 11.9 Å². The van der Waals surface area contributed by atoms with E-state index in [1.54, 1.807) is 0 Å². The van der Waals surface area contributed by atoms with Gasteiger partial charge in [-0.1, -0.05) is 142 Å². The van der Waals surface area contributed by atoms with Crippen LogP contribution in [0.1, 0.15) is 149 Å². The summed E-state index contributed by atoms with van der Waals surface area (Å²) in [5.74, 6) is 0. The summed E-state index contributed by atoms with van der Waals surface area (Å²) in [4.78, 5) is 0. The Morgan fingerprint density at radius 2 is 0.903 bits per heavy atom. The van der Waals surface area contributed by atoms with Gasteiger partial charge in [0.2, 0.25) is 0 Å². The van der Waals surface area contributed by atoms with E-state index in [-0.39, 0.29) is 0 Å². The van der Waals surface area contributed by atoms with E-state index in [0.717, 1.165) is 10.9 Å². The number of unbranched alkanes of at least 4 members (excludes halogenated alkanes) is 17. The fourth-order valence-corrected chi connectivity index (χ4v) is 5.20. The molecule has 0 aromatic rings. The average molecular weight is 473 g/mol. The highest BCUT2D eigenvalue weighted by atomic mass is 32.2. The normalized spacial score (nSPS) is 11.4. The minimum Gasteiger partial charge on any atom is -0.370 e. The number of hydrogen-bond donors (Lipinski definition) is 1. The molecule has 0 aliphatic heterocycles. The Balaban J connectivity index is 3.94. The Morgan fingerprint density at radius 1 is 0.548 bits per heavy atom. The first kappa shape index (κ1) is 31.2. The van der Waals surface area contributed by atoms with Gasteiger partial charge in [-0.25, -0.2) is 4.31 Å². The molecule has 0 aromatic carbocycles. The number of rotatable bonds is 24. The maximum Gasteiger partial charge on any atom is 0.149 e. The van der Waals surface area contributed by atoms with Crippen LogP contribution >= 0.6 is 24.2 Å². The summed E-state index contributed by atoms with van der Waals surface area (Å²) in [5, 5.41) is 3.51. The second-order valence-electron chi connectivity index (χ2n) is 9.24. The summed E-state index contributed by atoms with van der Waals surface area (Å²) >= 11 is 7.47. The monoisotopic (exact) mass is 472 g/mol. The van der Waals surface area contributed by atoms with Crippen LogP contribution in [0.2, 0.25) is 0 Å². The number of hydrogen-bond acceptors (Lipinski definition) is 3. The highest BCUT2D eigenvalue weighted by Crippen LogP contribution is 2.17. The van der Waals surface area contributed by atoms with E-state index in [0.29, 0.717) is 0 Å². The second-order valence-corrected chi connectivity index (χ2v) is 11.0. The highest BCUT2D eigenvalue weighted by molar-refractivity contribution is 8.21. The van der Waals surface area contributed by atoms with Gasteiger partial charge in [0, 0.05) is 19.6 Å². The van der Waals surface area contributed by atoms with Crippen molar-refractivity contribution in [2.75, 3.05) is 19.6 Å². The molecule has 0 saturated heterocycles. The summed E-state index contributed by atoms with van der Waals surface area (Å²) in [6.07, 6.45) is 27.4. The quantitative estimate of drug-likeness (QED) is 0.0853. The minimum atomic E-state index is 0.986. The molecule has 0 aliphatic rings. The van der Waals surface area contributed by atoms with Gasteiger partial charge in [0.15, 0.2) is 0 Å². The van der Waals surface area contributed by atoms with Crippen LogP contribution in [-0.2, 0) is 0 Å². The van der Waals surface area contributed by atoms with Gasteiger partial charge >= 0.3 is 0 Å². The van der Waals surface area contributed by atoms with E-state index in [1.165, 1.54) is 142 Å². The minimum absolute atomic E-state index is 0.986. The van der Waals surface area contributed by atoms with Crippen molar-refractivity contribution in [1.29, 1.82) is 0 Å². The van der Waals surface area contributed by atoms with Gasteiger partial charge in [-0.15, -0.1) is 0 Å². The van der Waals surface area contributed by atoms with Crippen molar-refractivity contribution in [3.8, 4) is 0 Å². The summed E-state index contributed by atoms with van der Waals surface area (Å²) < 4.78 is 3.53. The van der Waals surface area contributed by atoms with Crippen LogP contribution < -0.4 is 5.32 Å². The van der Waals surface area contributed by atoms with Crippen LogP contribution in [0.3, 0.4) is 0 Å². The smallest absolute Gasteiger partial charge is 0.149 e. The predicted octanol–water partition coefficient (Wildman–Crippen LogP) is 9.67. The third-order valence-corrected chi connectivity index (χ3v) is 7.34. The molecular weight excluding hydrogens is 416 g/mol. The Kier molecular flexibility index (Phi) is 26.6. The van der Waals surface area contributed by atoms with Gasteiger partial charge in [-0.3, -0.25) is 0 Å². The van der Waals surface area contributed by atoms with Crippen LogP contribution in [0.15, 0.2) is 0 Å². The zero-order valence-corrected chi connectivity index (χ0v) is 23.2. The second kappa shape index (κ2) is 26.5. The van der Waals surface area contributed by atoms with Crippen LogP contribution in [-0.4, -0.2) is 28.3 Å². The number of nitrogens with zero attached hydrogens (tertiary/aromatic N) is 1. The van der Waals surface area contributed by atoms with Crippen molar-refractivity contribution < 1.29 is 0 Å². The molecular formula is C27H56N2S2. The summed E-state index contributed by atoms with van der Waals surface area (Å²) in [6.45, 7) is 10.3. The van der Waals surface area contributed by atoms with Crippen molar-refractivity contribution in [1.82, 2.24) is 9.62 Å². The van der Waals surface area contributed by atoms with Gasteiger partial charge in [0.05, 0.1) is 0 Å². The molecule has 0 aliphatic carbocycles. The molecule has 4 heteroatoms. The largest absolute Gasteiger partial charge is 0.370 e. The number of thiocarbonyl (C=S) groups is 1. The fourth-order valence-electron chi connectivity index (χ4n) is 3.94. The summed E-state index contributed by atoms with van der Waals surface area (Å²) in [7, 11) is 0. The lowest BCUT2D eigenvalue weighted by molar-refractivity contribution is 0.426. The molecule has 2 nitrogen and oxygen atoms in total. The lowest BCUT2D eigenvalue weighted by Crippen LogP contribution is -2.27. The van der Waals surface area contributed by atoms with E-state index in [9.17, 15) is 0 Å². The van der Waals surface area contributed by atoms with Gasteiger partial charge in [0.25, 0.3) is 0 Å². The molecule has 31 heavy (non-hydrogen) atoms. The summed E-state index contributed by atoms with van der Waals surface area (Å²) in [6, 6.07) is 0. The molecule has 0 heterocycles. The molecule has 0 unspecified atom stereocenters. The molecule has 0 fully saturated rings. The zero-order chi connectivity index (χ0) is 22.8. The Hall–Kier alpha value is 0.200. The first-order valence-electron chi connectivity index (χ1n) is 13.9. The molecule has 0 rings (SSSR count). The highest BCUT2D eigenvalue weighted by Gasteiger charge is 2.09. The Labute approximate surface area is 206 Å². The van der Waals surface area contributed by atoms with E-state index >= 15 is 0 Å². The van der Waals surface area contributed by atoms with Crippen molar-refractivity contribution in [2.45, 2.75) is 149 Å². The van der Waals surface area contributed by atoms with Crippen LogP contribution in [0, 0.1) is 0 Å². The fraction of sp³-hybridized carbons (Fsp3) is 0.963. The first-order valence-corrected chi connectivity index (χ1v) is 15.1. The molecule has 186 valence electrons. The van der Waals surface area contributed by atoms with Gasteiger partial charge in [-0.05, 0) is 31.2 Å².